The second-order valence-electron chi connectivity index (χ2n) is 8.24. The molecule has 0 bridgehead atoms. The van der Waals surface area contributed by atoms with Crippen LogP contribution in [-0.2, 0) is 29.3 Å². The van der Waals surface area contributed by atoms with Crippen LogP contribution in [0.2, 0.25) is 0 Å². The Hall–Kier alpha value is -2.41. The molecule has 1 saturated carbocycles. The minimum atomic E-state index is -0.228. The summed E-state index contributed by atoms with van der Waals surface area (Å²) in [4.78, 5) is 14.4. The molecule has 3 heterocycles. The maximum atomic E-state index is 12.4. The van der Waals surface area contributed by atoms with Gasteiger partial charge in [-0.25, -0.2) is 4.68 Å². The van der Waals surface area contributed by atoms with E-state index in [4.69, 9.17) is 9.47 Å². The van der Waals surface area contributed by atoms with Crippen LogP contribution in [0.5, 0.6) is 5.75 Å². The van der Waals surface area contributed by atoms with E-state index in [1.165, 1.54) is 12.8 Å². The molecular formula is C21H26N4O3. The number of carbonyl (C=O) groups is 1. The number of aromatic nitrogens is 3. The van der Waals surface area contributed by atoms with E-state index >= 15 is 0 Å². The molecular weight excluding hydrogens is 356 g/mol. The number of hydrogen-bond acceptors (Lipinski definition) is 5. The maximum Gasteiger partial charge on any atom is 0.222 e. The zero-order valence-electron chi connectivity index (χ0n) is 16.0. The van der Waals surface area contributed by atoms with Gasteiger partial charge in [0, 0.05) is 19.5 Å². The van der Waals surface area contributed by atoms with Crippen molar-refractivity contribution >= 4 is 5.91 Å². The molecule has 0 N–H and O–H groups in total. The molecule has 1 saturated heterocycles. The van der Waals surface area contributed by atoms with E-state index in [1.54, 1.807) is 0 Å². The van der Waals surface area contributed by atoms with Crippen LogP contribution in [0.3, 0.4) is 0 Å². The highest BCUT2D eigenvalue weighted by Gasteiger charge is 2.41. The normalized spacial score (nSPS) is 20.8. The Balaban J connectivity index is 1.19. The second-order valence-corrected chi connectivity index (χ2v) is 8.24. The van der Waals surface area contributed by atoms with E-state index in [9.17, 15) is 4.79 Å². The number of ether oxygens (including phenoxy) is 2. The number of para-hydroxylation sites is 1. The van der Waals surface area contributed by atoms with Crippen molar-refractivity contribution in [2.45, 2.75) is 57.5 Å². The Labute approximate surface area is 164 Å². The molecule has 7 heteroatoms. The zero-order chi connectivity index (χ0) is 19.0. The summed E-state index contributed by atoms with van der Waals surface area (Å²) in [6, 6.07) is 9.72. The maximum absolute atomic E-state index is 12.4. The van der Waals surface area contributed by atoms with Crippen LogP contribution in [0, 0.1) is 5.92 Å². The smallest absolute Gasteiger partial charge is 0.222 e. The van der Waals surface area contributed by atoms with Gasteiger partial charge in [0.2, 0.25) is 5.91 Å². The van der Waals surface area contributed by atoms with E-state index in [2.05, 4.69) is 10.3 Å². The van der Waals surface area contributed by atoms with Crippen molar-refractivity contribution in [2.75, 3.05) is 13.1 Å². The Morgan fingerprint density at radius 3 is 2.75 bits per heavy atom. The average Bonchev–Trinajstić information content (AvgIpc) is 3.45. The summed E-state index contributed by atoms with van der Waals surface area (Å²) in [5.41, 5.74) is 1.60. The van der Waals surface area contributed by atoms with Gasteiger partial charge < -0.3 is 14.4 Å². The monoisotopic (exact) mass is 382 g/mol. The first-order chi connectivity index (χ1) is 13.7. The number of fused-ring (bicyclic) bond motifs is 1. The molecule has 1 aromatic heterocycles. The average molecular weight is 382 g/mol. The van der Waals surface area contributed by atoms with E-state index in [-0.39, 0.29) is 5.60 Å². The summed E-state index contributed by atoms with van der Waals surface area (Å²) in [6.07, 6.45) is 4.89. The van der Waals surface area contributed by atoms with Crippen LogP contribution in [0.4, 0.5) is 0 Å². The first kappa shape index (κ1) is 17.7. The lowest BCUT2D eigenvalue weighted by Crippen LogP contribution is -2.52. The van der Waals surface area contributed by atoms with Crippen molar-refractivity contribution in [2.24, 2.45) is 5.92 Å². The minimum Gasteiger partial charge on any atom is -0.487 e. The number of benzene rings is 1. The fourth-order valence-electron chi connectivity index (χ4n) is 4.14. The first-order valence-corrected chi connectivity index (χ1v) is 10.2. The van der Waals surface area contributed by atoms with Gasteiger partial charge in [-0.05, 0) is 43.7 Å². The van der Waals surface area contributed by atoms with Crippen molar-refractivity contribution in [3.8, 4) is 5.75 Å². The first-order valence-electron chi connectivity index (χ1n) is 10.2. The molecule has 1 aromatic carbocycles. The number of carbonyl (C=O) groups excluding carboxylic acids is 1. The summed E-state index contributed by atoms with van der Waals surface area (Å²) < 4.78 is 14.1. The Bertz CT molecular complexity index is 839. The lowest BCUT2D eigenvalue weighted by atomic mass is 9.89. The highest BCUT2D eigenvalue weighted by molar-refractivity contribution is 5.76. The van der Waals surface area contributed by atoms with Crippen molar-refractivity contribution in [1.82, 2.24) is 19.9 Å². The van der Waals surface area contributed by atoms with Crippen LogP contribution < -0.4 is 4.74 Å². The molecule has 148 valence electrons. The molecule has 1 spiro atoms. The molecule has 2 fully saturated rings. The van der Waals surface area contributed by atoms with Crippen molar-refractivity contribution in [3.63, 3.8) is 0 Å². The molecule has 2 aromatic rings. The van der Waals surface area contributed by atoms with Gasteiger partial charge in [-0.3, -0.25) is 4.79 Å². The third kappa shape index (κ3) is 3.63. The van der Waals surface area contributed by atoms with E-state index in [0.29, 0.717) is 31.6 Å². The Morgan fingerprint density at radius 1 is 1.21 bits per heavy atom. The molecule has 1 aliphatic carbocycles. The molecule has 7 nitrogen and oxygen atoms in total. The second kappa shape index (κ2) is 7.20. The van der Waals surface area contributed by atoms with Gasteiger partial charge in [-0.2, -0.15) is 0 Å². The van der Waals surface area contributed by atoms with Gasteiger partial charge in [-0.15, -0.1) is 5.10 Å². The molecule has 5 rings (SSSR count). The van der Waals surface area contributed by atoms with Gasteiger partial charge in [0.05, 0.1) is 24.4 Å². The van der Waals surface area contributed by atoms with Crippen molar-refractivity contribution in [1.29, 1.82) is 0 Å². The largest absolute Gasteiger partial charge is 0.487 e. The lowest BCUT2D eigenvalue weighted by molar-refractivity contribution is -0.146. The van der Waals surface area contributed by atoms with Crippen LogP contribution in [-0.4, -0.2) is 44.5 Å². The Kier molecular flexibility index (Phi) is 4.55. The zero-order valence-corrected chi connectivity index (χ0v) is 16.0. The fraction of sp³-hybridized carbons (Fsp3) is 0.571. The molecule has 0 unspecified atom stereocenters. The number of hydrogen-bond donors (Lipinski definition) is 0. The van der Waals surface area contributed by atoms with Gasteiger partial charge in [0.25, 0.3) is 0 Å². The number of nitrogens with zero attached hydrogens (tertiary/aromatic N) is 4. The van der Waals surface area contributed by atoms with E-state index < -0.39 is 0 Å². The SMILES string of the molecule is O=C(CC1CC1)N1CCC2(CC1)Cn1nnc(COc3ccccc3)c1CO2. The molecule has 0 atom stereocenters. The van der Waals surface area contributed by atoms with Gasteiger partial charge in [0.1, 0.15) is 18.1 Å². The van der Waals surface area contributed by atoms with E-state index in [1.807, 2.05) is 39.9 Å². The predicted octanol–water partition coefficient (Wildman–Crippen LogP) is 2.55. The number of rotatable bonds is 5. The van der Waals surface area contributed by atoms with Crippen molar-refractivity contribution < 1.29 is 14.3 Å². The quantitative estimate of drug-likeness (QED) is 0.795. The van der Waals surface area contributed by atoms with Crippen LogP contribution >= 0.6 is 0 Å². The minimum absolute atomic E-state index is 0.228. The summed E-state index contributed by atoms with van der Waals surface area (Å²) in [5, 5.41) is 8.66. The standard InChI is InChI=1S/C21H26N4O3/c26-20(12-16-6-7-16)24-10-8-21(9-11-24)15-25-19(14-28-21)18(22-23-25)13-27-17-4-2-1-3-5-17/h1-5,16H,6-15H2. The topological polar surface area (TPSA) is 69.5 Å². The van der Waals surface area contributed by atoms with Crippen LogP contribution in [0.1, 0.15) is 43.5 Å². The molecule has 2 aliphatic heterocycles. The fourth-order valence-corrected chi connectivity index (χ4v) is 4.14. The van der Waals surface area contributed by atoms with E-state index in [0.717, 1.165) is 49.5 Å². The summed E-state index contributed by atoms with van der Waals surface area (Å²) in [6.45, 7) is 3.14. The molecule has 3 aliphatic rings. The Morgan fingerprint density at radius 2 is 2.00 bits per heavy atom. The summed E-state index contributed by atoms with van der Waals surface area (Å²) >= 11 is 0. The summed E-state index contributed by atoms with van der Waals surface area (Å²) in [7, 11) is 0. The lowest BCUT2D eigenvalue weighted by Gasteiger charge is -2.43. The number of amides is 1. The van der Waals surface area contributed by atoms with Crippen LogP contribution in [0.15, 0.2) is 30.3 Å². The van der Waals surface area contributed by atoms with Gasteiger partial charge >= 0.3 is 0 Å². The molecule has 28 heavy (non-hydrogen) atoms. The number of piperidine rings is 1. The van der Waals surface area contributed by atoms with Crippen molar-refractivity contribution in [3.05, 3.63) is 41.7 Å². The summed E-state index contributed by atoms with van der Waals surface area (Å²) in [5.74, 6) is 1.78. The third-order valence-electron chi connectivity index (χ3n) is 6.18. The number of likely N-dealkylation sites (tertiary alicyclic amines) is 1. The predicted molar refractivity (Wildman–Crippen MR) is 101 cm³/mol. The third-order valence-corrected chi connectivity index (χ3v) is 6.18. The van der Waals surface area contributed by atoms with Crippen LogP contribution in [0.25, 0.3) is 0 Å². The molecule has 0 radical (unpaired) electrons. The highest BCUT2D eigenvalue weighted by Crippen LogP contribution is 2.36. The highest BCUT2D eigenvalue weighted by atomic mass is 16.5. The molecule has 1 amide bonds. The van der Waals surface area contributed by atoms with Gasteiger partial charge in [-0.1, -0.05) is 23.4 Å². The van der Waals surface area contributed by atoms with Gasteiger partial charge in [0.15, 0.2) is 0 Å².